The van der Waals surface area contributed by atoms with Crippen LogP contribution in [0.25, 0.3) is 0 Å². The Labute approximate surface area is 112 Å². The highest BCUT2D eigenvalue weighted by atomic mass is 16.4. The molecule has 0 fully saturated rings. The fraction of sp³-hybridized carbons (Fsp3) is 0.429. The number of benzene rings is 1. The Morgan fingerprint density at radius 3 is 2.63 bits per heavy atom. The molecule has 0 saturated carbocycles. The number of hydrogen-bond acceptors (Lipinski definition) is 3. The first-order valence-corrected chi connectivity index (χ1v) is 6.21. The van der Waals surface area contributed by atoms with Gasteiger partial charge in [0.2, 0.25) is 5.91 Å². The lowest BCUT2D eigenvalue weighted by Gasteiger charge is -2.09. The first kappa shape index (κ1) is 15.2. The molecule has 0 heterocycles. The zero-order valence-electron chi connectivity index (χ0n) is 11.3. The second-order valence-electron chi connectivity index (χ2n) is 4.68. The third-order valence-corrected chi connectivity index (χ3v) is 2.94. The van der Waals surface area contributed by atoms with E-state index in [0.29, 0.717) is 6.54 Å². The Hall–Kier alpha value is -1.88. The van der Waals surface area contributed by atoms with E-state index < -0.39 is 12.0 Å². The van der Waals surface area contributed by atoms with Crippen LogP contribution in [0.15, 0.2) is 18.2 Å². The van der Waals surface area contributed by atoms with Crippen LogP contribution in [0, 0.1) is 13.8 Å². The molecular weight excluding hydrogens is 244 g/mol. The van der Waals surface area contributed by atoms with E-state index in [1.54, 1.807) is 0 Å². The number of carbonyl (C=O) groups excluding carboxylic acids is 1. The van der Waals surface area contributed by atoms with Crippen molar-refractivity contribution in [1.82, 2.24) is 5.32 Å². The van der Waals surface area contributed by atoms with Crippen molar-refractivity contribution in [1.29, 1.82) is 0 Å². The van der Waals surface area contributed by atoms with Gasteiger partial charge in [-0.1, -0.05) is 23.8 Å². The van der Waals surface area contributed by atoms with E-state index in [1.165, 1.54) is 16.7 Å². The third-order valence-electron chi connectivity index (χ3n) is 2.94. The molecule has 5 nitrogen and oxygen atoms in total. The summed E-state index contributed by atoms with van der Waals surface area (Å²) in [7, 11) is 0. The molecule has 0 aliphatic rings. The number of hydrogen-bond donors (Lipinski definition) is 3. The van der Waals surface area contributed by atoms with Crippen LogP contribution in [0.1, 0.15) is 23.1 Å². The molecule has 1 aromatic rings. The third kappa shape index (κ3) is 5.09. The van der Waals surface area contributed by atoms with Gasteiger partial charge in [-0.25, -0.2) is 0 Å². The van der Waals surface area contributed by atoms with E-state index in [2.05, 4.69) is 11.4 Å². The number of nitrogens with one attached hydrogen (secondary N) is 1. The summed E-state index contributed by atoms with van der Waals surface area (Å²) >= 11 is 0. The second kappa shape index (κ2) is 6.89. The molecule has 0 spiro atoms. The minimum atomic E-state index is -1.16. The molecule has 1 unspecified atom stereocenters. The van der Waals surface area contributed by atoms with Crippen molar-refractivity contribution in [2.45, 2.75) is 32.7 Å². The van der Waals surface area contributed by atoms with Gasteiger partial charge in [-0.3, -0.25) is 9.59 Å². The lowest BCUT2D eigenvalue weighted by molar-refractivity contribution is -0.140. The summed E-state index contributed by atoms with van der Waals surface area (Å²) in [6.07, 6.45) is 0.530. The maximum Gasteiger partial charge on any atom is 0.321 e. The second-order valence-corrected chi connectivity index (χ2v) is 4.68. The predicted octanol–water partition coefficient (Wildman–Crippen LogP) is 0.764. The number of aryl methyl sites for hydroxylation is 2. The van der Waals surface area contributed by atoms with Crippen molar-refractivity contribution in [2.75, 3.05) is 6.54 Å². The average molecular weight is 264 g/mol. The van der Waals surface area contributed by atoms with E-state index in [1.807, 2.05) is 26.0 Å². The van der Waals surface area contributed by atoms with Gasteiger partial charge in [0.05, 0.1) is 6.42 Å². The van der Waals surface area contributed by atoms with Crippen molar-refractivity contribution >= 4 is 11.9 Å². The van der Waals surface area contributed by atoms with Crippen LogP contribution in [0.5, 0.6) is 0 Å². The van der Waals surface area contributed by atoms with Gasteiger partial charge in [0.1, 0.15) is 6.04 Å². The Bertz CT molecular complexity index is 472. The Balaban J connectivity index is 2.38. The number of carboxylic acids is 1. The number of amides is 1. The van der Waals surface area contributed by atoms with Gasteiger partial charge < -0.3 is 16.2 Å². The molecule has 0 aliphatic carbocycles. The summed E-state index contributed by atoms with van der Waals surface area (Å²) in [6.45, 7) is 4.55. The van der Waals surface area contributed by atoms with Crippen LogP contribution in [-0.4, -0.2) is 29.6 Å². The normalized spacial score (nSPS) is 11.9. The molecule has 5 heteroatoms. The minimum absolute atomic E-state index is 0.192. The molecule has 0 radical (unpaired) electrons. The van der Waals surface area contributed by atoms with E-state index in [0.717, 1.165) is 6.42 Å². The van der Waals surface area contributed by atoms with Crippen LogP contribution in [0.2, 0.25) is 0 Å². The van der Waals surface area contributed by atoms with E-state index in [9.17, 15) is 9.59 Å². The topological polar surface area (TPSA) is 92.4 Å². The SMILES string of the molecule is Cc1ccc(CCNC(=O)CC(N)C(=O)O)c(C)c1. The number of rotatable bonds is 6. The van der Waals surface area contributed by atoms with E-state index >= 15 is 0 Å². The summed E-state index contributed by atoms with van der Waals surface area (Å²) in [4.78, 5) is 21.9. The molecule has 4 N–H and O–H groups in total. The highest BCUT2D eigenvalue weighted by Crippen LogP contribution is 2.10. The zero-order chi connectivity index (χ0) is 14.4. The summed E-state index contributed by atoms with van der Waals surface area (Å²) in [5.41, 5.74) is 8.85. The number of carbonyl (C=O) groups is 2. The number of carboxylic acid groups (broad SMARTS) is 1. The Kier molecular flexibility index (Phi) is 5.51. The largest absolute Gasteiger partial charge is 0.480 e. The van der Waals surface area contributed by atoms with Crippen molar-refractivity contribution < 1.29 is 14.7 Å². The summed E-state index contributed by atoms with van der Waals surface area (Å²) in [5, 5.41) is 11.3. The quantitative estimate of drug-likeness (QED) is 0.707. The molecule has 0 aromatic heterocycles. The zero-order valence-corrected chi connectivity index (χ0v) is 11.3. The molecule has 0 aliphatic heterocycles. The van der Waals surface area contributed by atoms with Crippen molar-refractivity contribution in [3.8, 4) is 0 Å². The van der Waals surface area contributed by atoms with E-state index in [-0.39, 0.29) is 12.3 Å². The van der Waals surface area contributed by atoms with Crippen molar-refractivity contribution in [3.05, 3.63) is 34.9 Å². The van der Waals surface area contributed by atoms with Crippen molar-refractivity contribution in [3.63, 3.8) is 0 Å². The summed E-state index contributed by atoms with van der Waals surface area (Å²) < 4.78 is 0. The molecule has 0 saturated heterocycles. The molecule has 104 valence electrons. The number of aliphatic carboxylic acids is 1. The monoisotopic (exact) mass is 264 g/mol. The molecule has 1 aromatic carbocycles. The maximum atomic E-state index is 11.4. The van der Waals surface area contributed by atoms with Crippen molar-refractivity contribution in [2.24, 2.45) is 5.73 Å². The van der Waals surface area contributed by atoms with Gasteiger partial charge in [-0.05, 0) is 31.4 Å². The minimum Gasteiger partial charge on any atom is -0.480 e. The molecular formula is C14H20N2O3. The molecule has 1 amide bonds. The van der Waals surface area contributed by atoms with Crippen LogP contribution >= 0.6 is 0 Å². The molecule has 1 atom stereocenters. The van der Waals surface area contributed by atoms with Crippen LogP contribution < -0.4 is 11.1 Å². The van der Waals surface area contributed by atoms with Crippen LogP contribution in [-0.2, 0) is 16.0 Å². The fourth-order valence-electron chi connectivity index (χ4n) is 1.82. The Morgan fingerprint density at radius 1 is 1.37 bits per heavy atom. The first-order valence-electron chi connectivity index (χ1n) is 6.21. The molecule has 1 rings (SSSR count). The van der Waals surface area contributed by atoms with Crippen LogP contribution in [0.4, 0.5) is 0 Å². The average Bonchev–Trinajstić information content (AvgIpc) is 2.31. The van der Waals surface area contributed by atoms with Gasteiger partial charge in [0, 0.05) is 6.54 Å². The fourth-order valence-corrected chi connectivity index (χ4v) is 1.82. The number of nitrogens with two attached hydrogens (primary N) is 1. The molecule has 19 heavy (non-hydrogen) atoms. The van der Waals surface area contributed by atoms with Gasteiger partial charge >= 0.3 is 5.97 Å². The maximum absolute atomic E-state index is 11.4. The van der Waals surface area contributed by atoms with Crippen LogP contribution in [0.3, 0.4) is 0 Å². The Morgan fingerprint density at radius 2 is 2.05 bits per heavy atom. The standard InChI is InChI=1S/C14H20N2O3/c1-9-3-4-11(10(2)7-9)5-6-16-13(17)8-12(15)14(18)19/h3-4,7,12H,5-6,8,15H2,1-2H3,(H,16,17)(H,18,19). The summed E-state index contributed by atoms with van der Waals surface area (Å²) in [5.74, 6) is -1.50. The smallest absolute Gasteiger partial charge is 0.321 e. The highest BCUT2D eigenvalue weighted by molar-refractivity contribution is 5.84. The first-order chi connectivity index (χ1) is 8.90. The van der Waals surface area contributed by atoms with E-state index in [4.69, 9.17) is 10.8 Å². The summed E-state index contributed by atoms with van der Waals surface area (Å²) in [6, 6.07) is 5.03. The van der Waals surface area contributed by atoms with Gasteiger partial charge in [-0.15, -0.1) is 0 Å². The lowest BCUT2D eigenvalue weighted by Crippen LogP contribution is -2.37. The van der Waals surface area contributed by atoms with Gasteiger partial charge in [0.25, 0.3) is 0 Å². The van der Waals surface area contributed by atoms with Gasteiger partial charge in [-0.2, -0.15) is 0 Å². The van der Waals surface area contributed by atoms with Gasteiger partial charge in [0.15, 0.2) is 0 Å². The predicted molar refractivity (Wildman–Crippen MR) is 72.9 cm³/mol. The highest BCUT2D eigenvalue weighted by Gasteiger charge is 2.15. The molecule has 0 bridgehead atoms. The lowest BCUT2D eigenvalue weighted by atomic mass is 10.0.